The Kier molecular flexibility index (Phi) is 5.20. The number of hydrogen-bond donors (Lipinski definition) is 3. The molecule has 1 aromatic rings. The molecule has 0 spiro atoms. The summed E-state index contributed by atoms with van der Waals surface area (Å²) >= 11 is 0. The lowest BCUT2D eigenvalue weighted by atomic mass is 10.0. The highest BCUT2D eigenvalue weighted by atomic mass is 16.5. The third kappa shape index (κ3) is 3.97. The van der Waals surface area contributed by atoms with Gasteiger partial charge in [0.25, 0.3) is 5.91 Å². The number of carbonyl (C=O) groups excluding carboxylic acids is 2. The van der Waals surface area contributed by atoms with Gasteiger partial charge >= 0.3 is 0 Å². The molecule has 2 atom stereocenters. The topological polar surface area (TPSA) is 95.1 Å². The third-order valence-corrected chi connectivity index (χ3v) is 4.50. The van der Waals surface area contributed by atoms with E-state index in [2.05, 4.69) is 11.4 Å². The summed E-state index contributed by atoms with van der Waals surface area (Å²) < 4.78 is 11.4. The number of rotatable bonds is 5. The van der Waals surface area contributed by atoms with Gasteiger partial charge in [0.15, 0.2) is 18.0 Å². The zero-order chi connectivity index (χ0) is 16.9. The van der Waals surface area contributed by atoms with Gasteiger partial charge < -0.3 is 25.4 Å². The van der Waals surface area contributed by atoms with Gasteiger partial charge in [-0.2, -0.15) is 0 Å². The Bertz CT molecular complexity index is 620. The van der Waals surface area contributed by atoms with Crippen molar-refractivity contribution in [1.82, 2.24) is 5.32 Å². The van der Waals surface area contributed by atoms with Gasteiger partial charge in [-0.1, -0.05) is 0 Å². The van der Waals surface area contributed by atoms with Gasteiger partial charge in [0.2, 0.25) is 5.91 Å². The molecule has 0 bridgehead atoms. The van der Waals surface area contributed by atoms with Gasteiger partial charge in [-0.3, -0.25) is 9.59 Å². The highest BCUT2D eigenvalue weighted by Crippen LogP contribution is 2.33. The van der Waals surface area contributed by atoms with Crippen LogP contribution in [-0.2, 0) is 9.59 Å². The summed E-state index contributed by atoms with van der Waals surface area (Å²) in [4.78, 5) is 23.9. The van der Waals surface area contributed by atoms with E-state index in [-0.39, 0.29) is 18.5 Å². The van der Waals surface area contributed by atoms with Crippen LogP contribution in [0.3, 0.4) is 0 Å². The standard InChI is InChI=1S/C17H23N3O4/c18-16(21)10-19-17(22)11-20-6-1-3-13(20)12-4-5-14-15(9-12)24-8-2-7-23-14/h4-5,9,13H,1-3,6-8,10-11H2,(H2,18,21)(H,19,22)/p+1/t13-/m0/s1. The maximum atomic E-state index is 12.0. The fraction of sp³-hybridized carbons (Fsp3) is 0.529. The largest absolute Gasteiger partial charge is 0.490 e. The molecule has 0 aromatic heterocycles. The first kappa shape index (κ1) is 16.6. The van der Waals surface area contributed by atoms with Crippen LogP contribution >= 0.6 is 0 Å². The molecule has 3 rings (SSSR count). The molecule has 2 heterocycles. The van der Waals surface area contributed by atoms with Crippen molar-refractivity contribution in [3.8, 4) is 11.5 Å². The van der Waals surface area contributed by atoms with Crippen LogP contribution in [0.5, 0.6) is 11.5 Å². The van der Waals surface area contributed by atoms with E-state index in [1.807, 2.05) is 12.1 Å². The molecule has 2 aliphatic heterocycles. The number of carbonyl (C=O) groups is 2. The maximum Gasteiger partial charge on any atom is 0.275 e. The second kappa shape index (κ2) is 7.53. The van der Waals surface area contributed by atoms with Gasteiger partial charge in [-0.15, -0.1) is 0 Å². The highest BCUT2D eigenvalue weighted by molar-refractivity contribution is 5.84. The second-order valence-electron chi connectivity index (χ2n) is 6.28. The molecule has 130 valence electrons. The van der Waals surface area contributed by atoms with E-state index in [4.69, 9.17) is 15.2 Å². The Balaban J connectivity index is 1.68. The number of benzene rings is 1. The summed E-state index contributed by atoms with van der Waals surface area (Å²) in [7, 11) is 0. The lowest BCUT2D eigenvalue weighted by Gasteiger charge is -2.22. The first-order chi connectivity index (χ1) is 11.6. The van der Waals surface area contributed by atoms with Gasteiger partial charge in [0.1, 0.15) is 6.04 Å². The third-order valence-electron chi connectivity index (χ3n) is 4.50. The van der Waals surface area contributed by atoms with Crippen LogP contribution in [0.4, 0.5) is 0 Å². The summed E-state index contributed by atoms with van der Waals surface area (Å²) in [5.74, 6) is 0.897. The van der Waals surface area contributed by atoms with Crippen LogP contribution in [0.2, 0.25) is 0 Å². The summed E-state index contributed by atoms with van der Waals surface area (Å²) in [6.07, 6.45) is 2.97. The Hall–Kier alpha value is -2.28. The zero-order valence-corrected chi connectivity index (χ0v) is 13.7. The normalized spacial score (nSPS) is 22.7. The molecule has 1 fully saturated rings. The number of amides is 2. The van der Waals surface area contributed by atoms with Crippen LogP contribution in [0.15, 0.2) is 18.2 Å². The van der Waals surface area contributed by atoms with E-state index in [9.17, 15) is 9.59 Å². The quantitative estimate of drug-likeness (QED) is 0.655. The van der Waals surface area contributed by atoms with Crippen LogP contribution in [0.25, 0.3) is 0 Å². The number of ether oxygens (including phenoxy) is 2. The van der Waals surface area contributed by atoms with Crippen molar-refractivity contribution in [2.45, 2.75) is 25.3 Å². The lowest BCUT2D eigenvalue weighted by molar-refractivity contribution is -0.910. The number of nitrogens with two attached hydrogens (primary N) is 1. The molecule has 7 nitrogen and oxygen atoms in total. The van der Waals surface area contributed by atoms with E-state index >= 15 is 0 Å². The average Bonchev–Trinajstić information content (AvgIpc) is 2.88. The molecule has 1 unspecified atom stereocenters. The monoisotopic (exact) mass is 334 g/mol. The average molecular weight is 334 g/mol. The molecule has 2 amide bonds. The van der Waals surface area contributed by atoms with Gasteiger partial charge in [0.05, 0.1) is 26.3 Å². The first-order valence-corrected chi connectivity index (χ1v) is 8.42. The number of hydrogen-bond acceptors (Lipinski definition) is 4. The number of primary amides is 1. The van der Waals surface area contributed by atoms with Crippen LogP contribution in [-0.4, -0.2) is 44.7 Å². The van der Waals surface area contributed by atoms with Crippen LogP contribution < -0.4 is 25.4 Å². The molecular formula is C17H24N3O4+. The second-order valence-corrected chi connectivity index (χ2v) is 6.28. The number of nitrogens with one attached hydrogen (secondary N) is 2. The minimum Gasteiger partial charge on any atom is -0.490 e. The van der Waals surface area contributed by atoms with E-state index in [1.165, 1.54) is 4.90 Å². The van der Waals surface area contributed by atoms with E-state index in [1.54, 1.807) is 0 Å². The van der Waals surface area contributed by atoms with Crippen molar-refractivity contribution in [3.05, 3.63) is 23.8 Å². The molecule has 7 heteroatoms. The van der Waals surface area contributed by atoms with Gasteiger partial charge in [0, 0.05) is 24.8 Å². The van der Waals surface area contributed by atoms with E-state index < -0.39 is 5.91 Å². The van der Waals surface area contributed by atoms with Crippen LogP contribution in [0.1, 0.15) is 30.9 Å². The fourth-order valence-electron chi connectivity index (χ4n) is 3.38. The zero-order valence-electron chi connectivity index (χ0n) is 13.7. The van der Waals surface area contributed by atoms with Crippen molar-refractivity contribution in [1.29, 1.82) is 0 Å². The lowest BCUT2D eigenvalue weighted by Crippen LogP contribution is -3.11. The van der Waals surface area contributed by atoms with Crippen molar-refractivity contribution < 1.29 is 24.0 Å². The predicted octanol–water partition coefficient (Wildman–Crippen LogP) is -0.831. The molecule has 0 radical (unpaired) electrons. The number of quaternary nitrogens is 1. The minimum atomic E-state index is -0.528. The van der Waals surface area contributed by atoms with Crippen LogP contribution in [0, 0.1) is 0 Å². The predicted molar refractivity (Wildman–Crippen MR) is 86.9 cm³/mol. The summed E-state index contributed by atoms with van der Waals surface area (Å²) in [5.41, 5.74) is 6.22. The maximum absolute atomic E-state index is 12.0. The molecule has 0 aliphatic carbocycles. The van der Waals surface area contributed by atoms with Crippen molar-refractivity contribution in [2.75, 3.05) is 32.8 Å². The summed E-state index contributed by atoms with van der Waals surface area (Å²) in [5, 5.41) is 2.56. The Morgan fingerprint density at radius 3 is 2.79 bits per heavy atom. The Labute approximate surface area is 141 Å². The highest BCUT2D eigenvalue weighted by Gasteiger charge is 2.32. The molecular weight excluding hydrogens is 310 g/mol. The van der Waals surface area contributed by atoms with E-state index in [0.29, 0.717) is 19.8 Å². The van der Waals surface area contributed by atoms with Crippen molar-refractivity contribution in [3.63, 3.8) is 0 Å². The van der Waals surface area contributed by atoms with Gasteiger partial charge in [-0.05, 0) is 18.2 Å². The minimum absolute atomic E-state index is 0.110. The molecule has 2 aliphatic rings. The molecule has 24 heavy (non-hydrogen) atoms. The number of likely N-dealkylation sites (tertiary alicyclic amines) is 1. The molecule has 4 N–H and O–H groups in total. The summed E-state index contributed by atoms with van der Waals surface area (Å²) in [6.45, 7) is 2.50. The smallest absolute Gasteiger partial charge is 0.275 e. The molecule has 0 saturated carbocycles. The number of fused-ring (bicyclic) bond motifs is 1. The van der Waals surface area contributed by atoms with Gasteiger partial charge in [-0.25, -0.2) is 0 Å². The fourth-order valence-corrected chi connectivity index (χ4v) is 3.38. The molecule has 1 saturated heterocycles. The SMILES string of the molecule is NC(=O)CNC(=O)C[NH+]1CCC[C@H]1c1ccc2c(c1)OCCCO2. The Morgan fingerprint density at radius 1 is 1.21 bits per heavy atom. The first-order valence-electron chi connectivity index (χ1n) is 8.42. The molecule has 1 aromatic carbocycles. The van der Waals surface area contributed by atoms with Crippen molar-refractivity contribution in [2.24, 2.45) is 5.73 Å². The summed E-state index contributed by atoms with van der Waals surface area (Å²) in [6, 6.07) is 6.31. The van der Waals surface area contributed by atoms with E-state index in [0.717, 1.165) is 42.9 Å². The van der Waals surface area contributed by atoms with Crippen molar-refractivity contribution >= 4 is 11.8 Å². The Morgan fingerprint density at radius 2 is 2.00 bits per heavy atom.